The van der Waals surface area contributed by atoms with Crippen LogP contribution in [0.3, 0.4) is 0 Å². The van der Waals surface area contributed by atoms with Gasteiger partial charge in [0.2, 0.25) is 11.4 Å². The standard InChI is InChI=1S/C31H34NO7/c1-33-25-14-19-8-9-32-23(10-18-11-29(37-5)31(39-7)30(12-18)38-6)22-17-28(36-4)26(34-2)15-20(22)13-24(32)21(19)16-27(25)35-3/h11-17H,8-10H2,1-7H3/q+1. The van der Waals surface area contributed by atoms with E-state index in [9.17, 15) is 0 Å². The van der Waals surface area contributed by atoms with Crippen LogP contribution in [0.5, 0.6) is 40.2 Å². The van der Waals surface area contributed by atoms with Gasteiger partial charge in [0.25, 0.3) is 0 Å². The van der Waals surface area contributed by atoms with Gasteiger partial charge in [0, 0.05) is 12.5 Å². The number of benzene rings is 3. The lowest BCUT2D eigenvalue weighted by Crippen LogP contribution is -2.44. The maximum absolute atomic E-state index is 5.69. The van der Waals surface area contributed by atoms with Crippen LogP contribution in [0.25, 0.3) is 22.0 Å². The number of pyridine rings is 1. The van der Waals surface area contributed by atoms with E-state index in [0.29, 0.717) is 40.9 Å². The molecule has 1 aromatic heterocycles. The van der Waals surface area contributed by atoms with E-state index in [1.807, 2.05) is 18.2 Å². The second kappa shape index (κ2) is 10.8. The quantitative estimate of drug-likeness (QED) is 0.281. The summed E-state index contributed by atoms with van der Waals surface area (Å²) < 4.78 is 41.8. The molecule has 0 saturated heterocycles. The van der Waals surface area contributed by atoms with Gasteiger partial charge in [0.1, 0.15) is 0 Å². The number of fused-ring (bicyclic) bond motifs is 4. The lowest BCUT2D eigenvalue weighted by Gasteiger charge is -2.21. The Morgan fingerprint density at radius 3 is 1.74 bits per heavy atom. The van der Waals surface area contributed by atoms with Crippen molar-refractivity contribution in [2.45, 2.75) is 19.4 Å². The molecule has 1 aliphatic heterocycles. The highest BCUT2D eigenvalue weighted by Crippen LogP contribution is 2.42. The van der Waals surface area contributed by atoms with Gasteiger partial charge in [-0.2, -0.15) is 4.57 Å². The Labute approximate surface area is 228 Å². The van der Waals surface area contributed by atoms with Gasteiger partial charge in [-0.1, -0.05) is 0 Å². The van der Waals surface area contributed by atoms with Gasteiger partial charge in [0.15, 0.2) is 46.7 Å². The number of aromatic nitrogens is 1. The summed E-state index contributed by atoms with van der Waals surface area (Å²) in [6.45, 7) is 0.807. The van der Waals surface area contributed by atoms with Crippen LogP contribution in [0, 0.1) is 0 Å². The van der Waals surface area contributed by atoms with Gasteiger partial charge in [-0.3, -0.25) is 0 Å². The third kappa shape index (κ3) is 4.50. The molecule has 0 unspecified atom stereocenters. The molecular weight excluding hydrogens is 498 g/mol. The average Bonchev–Trinajstić information content (AvgIpc) is 2.98. The predicted octanol–water partition coefficient (Wildman–Crippen LogP) is 5.00. The molecule has 5 rings (SSSR count). The highest BCUT2D eigenvalue weighted by molar-refractivity contribution is 5.90. The molecular formula is C31H34NO7+. The molecule has 0 bridgehead atoms. The minimum absolute atomic E-state index is 0.567. The largest absolute Gasteiger partial charge is 0.493 e. The van der Waals surface area contributed by atoms with Crippen molar-refractivity contribution in [3.05, 3.63) is 59.3 Å². The van der Waals surface area contributed by atoms with Crippen LogP contribution >= 0.6 is 0 Å². The molecule has 0 fully saturated rings. The summed E-state index contributed by atoms with van der Waals surface area (Å²) in [6, 6.07) is 14.4. The summed E-state index contributed by atoms with van der Waals surface area (Å²) >= 11 is 0. The average molecular weight is 533 g/mol. The lowest BCUT2D eigenvalue weighted by atomic mass is 9.92. The smallest absolute Gasteiger partial charge is 0.213 e. The van der Waals surface area contributed by atoms with E-state index in [0.717, 1.165) is 52.0 Å². The molecule has 0 spiro atoms. The van der Waals surface area contributed by atoms with E-state index in [4.69, 9.17) is 33.2 Å². The van der Waals surface area contributed by atoms with Gasteiger partial charge in [0.05, 0.1) is 67.1 Å². The van der Waals surface area contributed by atoms with Gasteiger partial charge < -0.3 is 33.2 Å². The zero-order valence-electron chi connectivity index (χ0n) is 23.5. The van der Waals surface area contributed by atoms with E-state index in [1.54, 1.807) is 49.8 Å². The third-order valence-electron chi connectivity index (χ3n) is 7.36. The normalized spacial score (nSPS) is 11.9. The second-order valence-electron chi connectivity index (χ2n) is 9.25. The Bertz CT molecular complexity index is 1520. The van der Waals surface area contributed by atoms with Crippen LogP contribution in [0.2, 0.25) is 0 Å². The zero-order chi connectivity index (χ0) is 27.7. The van der Waals surface area contributed by atoms with Crippen LogP contribution in [0.15, 0.2) is 42.5 Å². The monoisotopic (exact) mass is 532 g/mol. The fraction of sp³-hybridized carbons (Fsp3) is 0.323. The first kappa shape index (κ1) is 26.3. The minimum atomic E-state index is 0.567. The molecule has 2 heterocycles. The fourth-order valence-corrected chi connectivity index (χ4v) is 5.48. The molecule has 0 amide bonds. The molecule has 204 valence electrons. The van der Waals surface area contributed by atoms with Gasteiger partial charge in [-0.25, -0.2) is 0 Å². The van der Waals surface area contributed by atoms with Crippen molar-refractivity contribution in [1.29, 1.82) is 0 Å². The first-order valence-electron chi connectivity index (χ1n) is 12.7. The van der Waals surface area contributed by atoms with Crippen LogP contribution in [-0.2, 0) is 19.4 Å². The first-order valence-corrected chi connectivity index (χ1v) is 12.7. The number of rotatable bonds is 9. The van der Waals surface area contributed by atoms with E-state index in [2.05, 4.69) is 28.8 Å². The van der Waals surface area contributed by atoms with E-state index in [1.165, 1.54) is 5.56 Å². The molecule has 39 heavy (non-hydrogen) atoms. The summed E-state index contributed by atoms with van der Waals surface area (Å²) in [7, 11) is 11.5. The molecule has 0 atom stereocenters. The van der Waals surface area contributed by atoms with Crippen molar-refractivity contribution in [2.75, 3.05) is 49.8 Å². The van der Waals surface area contributed by atoms with Gasteiger partial charge >= 0.3 is 0 Å². The van der Waals surface area contributed by atoms with Gasteiger partial charge in [-0.15, -0.1) is 0 Å². The Morgan fingerprint density at radius 1 is 0.590 bits per heavy atom. The predicted molar refractivity (Wildman–Crippen MR) is 148 cm³/mol. The Balaban J connectivity index is 1.79. The summed E-state index contributed by atoms with van der Waals surface area (Å²) in [5, 5.41) is 2.12. The summed E-state index contributed by atoms with van der Waals surface area (Å²) in [5.41, 5.74) is 5.59. The first-order chi connectivity index (χ1) is 19.0. The summed E-state index contributed by atoms with van der Waals surface area (Å²) in [4.78, 5) is 0. The topological polar surface area (TPSA) is 68.5 Å². The van der Waals surface area contributed by atoms with E-state index < -0.39 is 0 Å². The van der Waals surface area contributed by atoms with Crippen molar-refractivity contribution in [2.24, 2.45) is 0 Å². The summed E-state index contributed by atoms with van der Waals surface area (Å²) in [6.07, 6.45) is 1.48. The second-order valence-corrected chi connectivity index (χ2v) is 9.25. The van der Waals surface area contributed by atoms with Crippen molar-refractivity contribution in [3.63, 3.8) is 0 Å². The number of nitrogens with zero attached hydrogens (tertiary/aromatic N) is 1. The van der Waals surface area contributed by atoms with Crippen molar-refractivity contribution >= 4 is 10.8 Å². The molecule has 0 aliphatic carbocycles. The SMILES string of the molecule is COc1cc2c(cc1OC)-c1cc3cc(OC)c(OC)cc3c(Cc3cc(OC)c(OC)c(OC)c3)[n+]1CC2. The zero-order valence-corrected chi connectivity index (χ0v) is 23.5. The number of methoxy groups -OCH3 is 7. The lowest BCUT2D eigenvalue weighted by molar-refractivity contribution is -0.693. The molecule has 4 aromatic rings. The molecule has 0 radical (unpaired) electrons. The molecule has 1 aliphatic rings. The fourth-order valence-electron chi connectivity index (χ4n) is 5.48. The molecule has 3 aromatic carbocycles. The van der Waals surface area contributed by atoms with Crippen LogP contribution in [0.1, 0.15) is 16.8 Å². The highest BCUT2D eigenvalue weighted by Gasteiger charge is 2.31. The van der Waals surface area contributed by atoms with Crippen LogP contribution < -0.4 is 37.7 Å². The minimum Gasteiger partial charge on any atom is -0.493 e. The molecule has 0 saturated carbocycles. The third-order valence-corrected chi connectivity index (χ3v) is 7.36. The Morgan fingerprint density at radius 2 is 1.15 bits per heavy atom. The maximum atomic E-state index is 5.69. The van der Waals surface area contributed by atoms with Crippen LogP contribution in [-0.4, -0.2) is 49.8 Å². The Kier molecular flexibility index (Phi) is 7.28. The van der Waals surface area contributed by atoms with E-state index in [-0.39, 0.29) is 0 Å². The number of hydrogen-bond donors (Lipinski definition) is 0. The maximum Gasteiger partial charge on any atom is 0.213 e. The van der Waals surface area contributed by atoms with Crippen molar-refractivity contribution in [3.8, 4) is 51.5 Å². The van der Waals surface area contributed by atoms with Crippen LogP contribution in [0.4, 0.5) is 0 Å². The number of ether oxygens (including phenoxy) is 7. The van der Waals surface area contributed by atoms with Gasteiger partial charge in [-0.05, 0) is 52.9 Å². The molecule has 0 N–H and O–H groups in total. The van der Waals surface area contributed by atoms with Crippen molar-refractivity contribution in [1.82, 2.24) is 0 Å². The number of aryl methyl sites for hydroxylation is 1. The molecule has 8 nitrogen and oxygen atoms in total. The number of hydrogen-bond acceptors (Lipinski definition) is 7. The van der Waals surface area contributed by atoms with Crippen molar-refractivity contribution < 1.29 is 37.7 Å². The highest BCUT2D eigenvalue weighted by atomic mass is 16.5. The summed E-state index contributed by atoms with van der Waals surface area (Å²) in [5.74, 6) is 4.59. The Hall–Kier alpha value is -4.33. The van der Waals surface area contributed by atoms with E-state index >= 15 is 0 Å². The molecule has 8 heteroatoms.